The van der Waals surface area contributed by atoms with Crippen LogP contribution in [0.3, 0.4) is 0 Å². The summed E-state index contributed by atoms with van der Waals surface area (Å²) in [5.41, 5.74) is 0. The average molecular weight is 970 g/mol. The highest BCUT2D eigenvalue weighted by Crippen LogP contribution is 2.16. The van der Waals surface area contributed by atoms with Crippen LogP contribution in [0.2, 0.25) is 0 Å². The molecule has 0 radical (unpaired) electrons. The summed E-state index contributed by atoms with van der Waals surface area (Å²) in [6.07, 6.45) is 48.9. The fourth-order valence-corrected chi connectivity index (χ4v) is 8.22. The van der Waals surface area contributed by atoms with E-state index in [-0.39, 0.29) is 50.3 Å². The molecule has 10 nitrogen and oxygen atoms in total. The van der Waals surface area contributed by atoms with Crippen LogP contribution < -0.4 is 0 Å². The smallest absolute Gasteiger partial charge is 0.306 e. The third kappa shape index (κ3) is 56.4. The maximum absolute atomic E-state index is 12.4. The van der Waals surface area contributed by atoms with Gasteiger partial charge < -0.3 is 29.2 Å². The summed E-state index contributed by atoms with van der Waals surface area (Å²) in [5.74, 6) is -1.17. The minimum absolute atomic E-state index is 0.0667. The Kier molecular flexibility index (Phi) is 57.3. The molecule has 2 N–H and O–H groups in total. The molecule has 0 aromatic rings. The molecule has 0 heterocycles. The molecule has 0 saturated heterocycles. The summed E-state index contributed by atoms with van der Waals surface area (Å²) >= 11 is 0. The Hall–Kier alpha value is -2.20. The number of ether oxygens (including phenoxy) is 4. The number of unbranched alkanes of at least 4 members (excludes halogenated alkanes) is 36. The van der Waals surface area contributed by atoms with Crippen LogP contribution in [0.1, 0.15) is 310 Å². The fourth-order valence-electron chi connectivity index (χ4n) is 8.22. The lowest BCUT2D eigenvalue weighted by atomic mass is 10.0. The van der Waals surface area contributed by atoms with E-state index in [0.717, 1.165) is 70.6 Å². The predicted octanol–water partition coefficient (Wildman–Crippen LogP) is 16.1. The van der Waals surface area contributed by atoms with Crippen LogP contribution >= 0.6 is 0 Å². The molecule has 10 heteroatoms. The molecule has 68 heavy (non-hydrogen) atoms. The van der Waals surface area contributed by atoms with Crippen LogP contribution in [0.15, 0.2) is 0 Å². The van der Waals surface area contributed by atoms with E-state index in [1.54, 1.807) is 0 Å². The molecule has 0 aromatic heterocycles. The number of aliphatic hydroxyl groups is 2. The van der Waals surface area contributed by atoms with E-state index in [2.05, 4.69) is 27.7 Å². The maximum Gasteiger partial charge on any atom is 0.306 e. The molecule has 0 saturated carbocycles. The van der Waals surface area contributed by atoms with E-state index in [1.165, 1.54) is 186 Å². The largest absolute Gasteiger partial charge is 0.463 e. The summed E-state index contributed by atoms with van der Waals surface area (Å²) in [6, 6.07) is 0. The maximum atomic E-state index is 12.4. The second kappa shape index (κ2) is 57.4. The summed E-state index contributed by atoms with van der Waals surface area (Å²) in [5, 5.41) is 17.8. The van der Waals surface area contributed by atoms with Crippen LogP contribution in [0.5, 0.6) is 0 Å². The average Bonchev–Trinajstić information content (AvgIpc) is 3.34. The lowest BCUT2D eigenvalue weighted by molar-refractivity contribution is -0.167. The predicted molar refractivity (Wildman–Crippen MR) is 282 cm³/mol. The SMILES string of the molecule is CCCCCCCCCC(=O)OCC(COC(=O)CCCCCCCCC)OC(=O)CCCCCCCCC.CCCCCCCCCCCCCCCCCCCCCC(=O)OCC(O)CO. The molecule has 0 aromatic carbocycles. The second-order valence-corrected chi connectivity index (χ2v) is 19.7. The van der Waals surface area contributed by atoms with E-state index >= 15 is 0 Å². The summed E-state index contributed by atoms with van der Waals surface area (Å²) in [4.78, 5) is 48.3. The molecular weight excluding hydrogens is 857 g/mol. The summed E-state index contributed by atoms with van der Waals surface area (Å²) < 4.78 is 21.2. The van der Waals surface area contributed by atoms with Crippen molar-refractivity contribution in [1.29, 1.82) is 0 Å². The molecule has 0 amide bonds. The van der Waals surface area contributed by atoms with E-state index in [1.807, 2.05) is 0 Å². The molecule has 1 unspecified atom stereocenters. The van der Waals surface area contributed by atoms with Gasteiger partial charge in [-0.15, -0.1) is 0 Å². The quantitative estimate of drug-likeness (QED) is 0.0343. The van der Waals surface area contributed by atoms with Crippen molar-refractivity contribution in [2.24, 2.45) is 0 Å². The van der Waals surface area contributed by atoms with E-state index < -0.39 is 12.2 Å². The van der Waals surface area contributed by atoms with Gasteiger partial charge in [0.25, 0.3) is 0 Å². The lowest BCUT2D eigenvalue weighted by Crippen LogP contribution is -2.30. The van der Waals surface area contributed by atoms with Gasteiger partial charge in [0.2, 0.25) is 0 Å². The van der Waals surface area contributed by atoms with Gasteiger partial charge in [0.15, 0.2) is 6.10 Å². The first-order valence-electron chi connectivity index (χ1n) is 29.2. The van der Waals surface area contributed by atoms with Gasteiger partial charge in [-0.2, -0.15) is 0 Å². The van der Waals surface area contributed by atoms with E-state index in [9.17, 15) is 19.2 Å². The monoisotopic (exact) mass is 969 g/mol. The fraction of sp³-hybridized carbons (Fsp3) is 0.931. The van der Waals surface area contributed by atoms with Crippen LogP contribution in [0.25, 0.3) is 0 Å². The Balaban J connectivity index is 0. The molecule has 0 aliphatic carbocycles. The van der Waals surface area contributed by atoms with Gasteiger partial charge in [-0.3, -0.25) is 19.2 Å². The number of esters is 4. The highest BCUT2D eigenvalue weighted by atomic mass is 16.6. The van der Waals surface area contributed by atoms with Crippen molar-refractivity contribution >= 4 is 23.9 Å². The minimum Gasteiger partial charge on any atom is -0.463 e. The number of rotatable bonds is 52. The third-order valence-corrected chi connectivity index (χ3v) is 12.7. The standard InChI is InChI=1S/C33H62O6.C25H50O4/c1-4-7-10-13-16-19-22-25-31(34)37-28-30(39-33(36)27-24-21-18-15-12-9-6-3)29-38-32(35)26-23-20-17-14-11-8-5-2;1-2-3-4-5-6-7-8-9-10-11-12-13-14-15-16-17-18-19-20-21-25(28)29-23-24(27)22-26/h30H,4-29H2,1-3H3;24,26-27H,2-23H2,1H3. The highest BCUT2D eigenvalue weighted by Gasteiger charge is 2.19. The second-order valence-electron chi connectivity index (χ2n) is 19.7. The molecule has 0 bridgehead atoms. The Bertz CT molecular complexity index is 1030. The van der Waals surface area contributed by atoms with Crippen LogP contribution in [-0.2, 0) is 38.1 Å². The van der Waals surface area contributed by atoms with Crippen LogP contribution in [0.4, 0.5) is 0 Å². The molecule has 1 atom stereocenters. The van der Waals surface area contributed by atoms with Crippen molar-refractivity contribution in [2.75, 3.05) is 26.4 Å². The van der Waals surface area contributed by atoms with Gasteiger partial charge in [-0.05, 0) is 25.7 Å². The van der Waals surface area contributed by atoms with Gasteiger partial charge >= 0.3 is 23.9 Å². The lowest BCUT2D eigenvalue weighted by Gasteiger charge is -2.18. The molecule has 0 rings (SSSR count). The molecule has 0 spiro atoms. The van der Waals surface area contributed by atoms with Crippen molar-refractivity contribution in [3.05, 3.63) is 0 Å². The number of aliphatic hydroxyl groups excluding tert-OH is 2. The third-order valence-electron chi connectivity index (χ3n) is 12.7. The Morgan fingerprint density at radius 3 is 0.750 bits per heavy atom. The van der Waals surface area contributed by atoms with Gasteiger partial charge in [0.1, 0.15) is 25.9 Å². The van der Waals surface area contributed by atoms with Gasteiger partial charge in [-0.25, -0.2) is 0 Å². The van der Waals surface area contributed by atoms with Crippen molar-refractivity contribution in [3.8, 4) is 0 Å². The van der Waals surface area contributed by atoms with Crippen molar-refractivity contribution in [1.82, 2.24) is 0 Å². The normalized spacial score (nSPS) is 11.6. The zero-order valence-electron chi connectivity index (χ0n) is 45.3. The molecule has 404 valence electrons. The molecule has 0 aliphatic heterocycles. The van der Waals surface area contributed by atoms with E-state index in [0.29, 0.717) is 25.7 Å². The van der Waals surface area contributed by atoms with Gasteiger partial charge in [-0.1, -0.05) is 259 Å². The first kappa shape index (κ1) is 67.9. The zero-order chi connectivity index (χ0) is 50.2. The van der Waals surface area contributed by atoms with Crippen LogP contribution in [0, 0.1) is 0 Å². The van der Waals surface area contributed by atoms with Gasteiger partial charge in [0, 0.05) is 25.7 Å². The molecule has 0 aliphatic rings. The summed E-state index contributed by atoms with van der Waals surface area (Å²) in [7, 11) is 0. The number of carbonyl (C=O) groups is 4. The zero-order valence-corrected chi connectivity index (χ0v) is 45.3. The van der Waals surface area contributed by atoms with Crippen LogP contribution in [-0.4, -0.2) is 72.7 Å². The molecule has 0 fully saturated rings. The highest BCUT2D eigenvalue weighted by molar-refractivity contribution is 5.71. The number of hydrogen-bond donors (Lipinski definition) is 2. The first-order chi connectivity index (χ1) is 33.2. The number of hydrogen-bond acceptors (Lipinski definition) is 10. The van der Waals surface area contributed by atoms with E-state index in [4.69, 9.17) is 29.2 Å². The Morgan fingerprint density at radius 1 is 0.309 bits per heavy atom. The molecular formula is C58H112O10. The number of carbonyl (C=O) groups excluding carboxylic acids is 4. The van der Waals surface area contributed by atoms with Crippen molar-refractivity contribution in [2.45, 2.75) is 322 Å². The van der Waals surface area contributed by atoms with Gasteiger partial charge in [0.05, 0.1) is 6.61 Å². The minimum atomic E-state index is -0.955. The topological polar surface area (TPSA) is 146 Å². The Morgan fingerprint density at radius 2 is 0.515 bits per heavy atom. The van der Waals surface area contributed by atoms with Crippen molar-refractivity contribution < 1.29 is 48.3 Å². The van der Waals surface area contributed by atoms with Crippen molar-refractivity contribution in [3.63, 3.8) is 0 Å². The first-order valence-corrected chi connectivity index (χ1v) is 29.2. The summed E-state index contributed by atoms with van der Waals surface area (Å²) in [6.45, 7) is 8.28. The Labute approximate surface area is 419 Å².